The van der Waals surface area contributed by atoms with Crippen LogP contribution in [0.1, 0.15) is 18.4 Å². The summed E-state index contributed by atoms with van der Waals surface area (Å²) in [5, 5.41) is 10.9. The molecule has 2 aliphatic rings. The molecule has 2 saturated heterocycles. The van der Waals surface area contributed by atoms with Crippen molar-refractivity contribution in [3.05, 3.63) is 29.6 Å². The molecule has 3 rings (SSSR count). The number of rotatable bonds is 2. The Hall–Kier alpha value is -1.38. The van der Waals surface area contributed by atoms with Crippen molar-refractivity contribution in [2.24, 2.45) is 0 Å². The molecule has 8 heteroatoms. The maximum Gasteiger partial charge on any atom is 0.573 e. The molecule has 1 N–H and O–H groups in total. The van der Waals surface area contributed by atoms with Gasteiger partial charge in [-0.1, -0.05) is 0 Å². The van der Waals surface area contributed by atoms with Crippen molar-refractivity contribution in [2.75, 3.05) is 20.3 Å². The van der Waals surface area contributed by atoms with Crippen LogP contribution >= 0.6 is 0 Å². The van der Waals surface area contributed by atoms with Crippen LogP contribution < -0.4 is 4.74 Å². The smallest absolute Gasteiger partial charge is 0.406 e. The van der Waals surface area contributed by atoms with Gasteiger partial charge in [-0.25, -0.2) is 4.39 Å². The maximum absolute atomic E-state index is 14.2. The number of likely N-dealkylation sites (N-methyl/N-ethyl adjacent to an activating group) is 1. The molecule has 4 nitrogen and oxygen atoms in total. The first-order valence-corrected chi connectivity index (χ1v) is 7.26. The van der Waals surface area contributed by atoms with Crippen LogP contribution in [0.25, 0.3) is 0 Å². The highest BCUT2D eigenvalue weighted by Crippen LogP contribution is 2.42. The molecule has 0 spiro atoms. The van der Waals surface area contributed by atoms with E-state index in [4.69, 9.17) is 4.74 Å². The van der Waals surface area contributed by atoms with Crippen molar-refractivity contribution < 1.29 is 32.1 Å². The zero-order valence-corrected chi connectivity index (χ0v) is 12.4. The molecular formula is C15H17F4NO3. The van der Waals surface area contributed by atoms with Gasteiger partial charge in [0.05, 0.1) is 18.8 Å². The standard InChI is InChI=1S/C15H17F4NO3/c1-20-9-5-14(21,6-10(20)8-22-7-9)12-4-11(2-3-13(12)16)23-15(17,18)19/h2-4,9-10,21H,5-8H2,1H3. The second-order valence-corrected chi connectivity index (χ2v) is 6.14. The molecule has 0 amide bonds. The second kappa shape index (κ2) is 5.61. The van der Waals surface area contributed by atoms with E-state index in [0.29, 0.717) is 13.2 Å². The van der Waals surface area contributed by atoms with Gasteiger partial charge in [0.15, 0.2) is 0 Å². The van der Waals surface area contributed by atoms with Crippen molar-refractivity contribution in [1.29, 1.82) is 0 Å². The van der Waals surface area contributed by atoms with E-state index in [1.807, 2.05) is 7.05 Å². The number of morpholine rings is 1. The topological polar surface area (TPSA) is 41.9 Å². The fourth-order valence-corrected chi connectivity index (χ4v) is 3.42. The van der Waals surface area contributed by atoms with Crippen molar-refractivity contribution >= 4 is 0 Å². The van der Waals surface area contributed by atoms with E-state index < -0.39 is 23.5 Å². The summed E-state index contributed by atoms with van der Waals surface area (Å²) < 4.78 is 60.5. The fourth-order valence-electron chi connectivity index (χ4n) is 3.42. The number of ether oxygens (including phenoxy) is 2. The van der Waals surface area contributed by atoms with E-state index in [0.717, 1.165) is 18.2 Å². The van der Waals surface area contributed by atoms with Gasteiger partial charge in [-0.05, 0) is 38.1 Å². The minimum absolute atomic E-state index is 0.112. The number of hydrogen-bond donors (Lipinski definition) is 1. The molecule has 1 aromatic rings. The molecule has 2 aliphatic heterocycles. The first kappa shape index (κ1) is 16.5. The van der Waals surface area contributed by atoms with Crippen LogP contribution in [0.5, 0.6) is 5.75 Å². The first-order chi connectivity index (χ1) is 10.7. The molecule has 2 heterocycles. The Morgan fingerprint density at radius 2 is 1.87 bits per heavy atom. The molecule has 0 saturated carbocycles. The Labute approximate surface area is 130 Å². The molecule has 2 unspecified atom stereocenters. The van der Waals surface area contributed by atoms with E-state index in [1.54, 1.807) is 0 Å². The third kappa shape index (κ3) is 3.29. The molecule has 128 valence electrons. The Morgan fingerprint density at radius 1 is 1.26 bits per heavy atom. The number of halogens is 4. The van der Waals surface area contributed by atoms with Crippen LogP contribution in [0, 0.1) is 5.82 Å². The van der Waals surface area contributed by atoms with Gasteiger partial charge >= 0.3 is 6.36 Å². The van der Waals surface area contributed by atoms with Gasteiger partial charge in [0.25, 0.3) is 0 Å². The number of hydrogen-bond acceptors (Lipinski definition) is 4. The van der Waals surface area contributed by atoms with Gasteiger partial charge in [-0.2, -0.15) is 0 Å². The number of benzene rings is 1. The molecular weight excluding hydrogens is 318 g/mol. The van der Waals surface area contributed by atoms with E-state index in [-0.39, 0.29) is 30.5 Å². The normalized spacial score (nSPS) is 31.9. The predicted molar refractivity (Wildman–Crippen MR) is 72.4 cm³/mol. The fraction of sp³-hybridized carbons (Fsp3) is 0.600. The number of fused-ring (bicyclic) bond motifs is 2. The molecule has 0 aromatic heterocycles. The highest BCUT2D eigenvalue weighted by atomic mass is 19.4. The van der Waals surface area contributed by atoms with Gasteiger partial charge in [0.2, 0.25) is 0 Å². The number of aliphatic hydroxyl groups is 1. The third-order valence-corrected chi connectivity index (χ3v) is 4.59. The quantitative estimate of drug-likeness (QED) is 0.843. The summed E-state index contributed by atoms with van der Waals surface area (Å²) in [5.74, 6) is -1.28. The van der Waals surface area contributed by atoms with Crippen molar-refractivity contribution in [3.63, 3.8) is 0 Å². The summed E-state index contributed by atoms with van der Waals surface area (Å²) in [5.41, 5.74) is -1.70. The Balaban J connectivity index is 1.92. The van der Waals surface area contributed by atoms with E-state index in [2.05, 4.69) is 9.64 Å². The summed E-state index contributed by atoms with van der Waals surface area (Å²) in [4.78, 5) is 2.06. The van der Waals surface area contributed by atoms with Crippen LogP contribution in [-0.2, 0) is 10.3 Å². The summed E-state index contributed by atoms with van der Waals surface area (Å²) in [6.07, 6.45) is -4.49. The highest BCUT2D eigenvalue weighted by molar-refractivity contribution is 5.35. The molecule has 0 aliphatic carbocycles. The lowest BCUT2D eigenvalue weighted by Gasteiger charge is -2.50. The lowest BCUT2D eigenvalue weighted by molar-refractivity contribution is -0.274. The van der Waals surface area contributed by atoms with E-state index in [9.17, 15) is 22.7 Å². The Morgan fingerprint density at radius 3 is 2.43 bits per heavy atom. The van der Waals surface area contributed by atoms with Gasteiger partial charge in [0, 0.05) is 17.6 Å². The number of alkyl halides is 3. The number of nitrogens with zero attached hydrogens (tertiary/aromatic N) is 1. The van der Waals surface area contributed by atoms with Gasteiger partial charge < -0.3 is 14.6 Å². The number of piperidine rings is 1. The maximum atomic E-state index is 14.2. The predicted octanol–water partition coefficient (Wildman–Crippen LogP) is 2.40. The van der Waals surface area contributed by atoms with Crippen LogP contribution in [0.2, 0.25) is 0 Å². The van der Waals surface area contributed by atoms with Gasteiger partial charge in [0.1, 0.15) is 11.6 Å². The van der Waals surface area contributed by atoms with Crippen LogP contribution in [-0.4, -0.2) is 48.7 Å². The summed E-state index contributed by atoms with van der Waals surface area (Å²) in [6.45, 7) is 0.797. The van der Waals surface area contributed by atoms with Gasteiger partial charge in [-0.15, -0.1) is 13.2 Å². The second-order valence-electron chi connectivity index (χ2n) is 6.14. The minimum Gasteiger partial charge on any atom is -0.406 e. The van der Waals surface area contributed by atoms with E-state index in [1.165, 1.54) is 0 Å². The molecule has 23 heavy (non-hydrogen) atoms. The molecule has 0 radical (unpaired) electrons. The largest absolute Gasteiger partial charge is 0.573 e. The lowest BCUT2D eigenvalue weighted by Crippen LogP contribution is -2.59. The van der Waals surface area contributed by atoms with Crippen molar-refractivity contribution in [1.82, 2.24) is 4.90 Å². The SMILES string of the molecule is CN1C2COCC1CC(O)(c1cc(OC(F)(F)F)ccc1F)C2. The molecule has 1 aromatic carbocycles. The van der Waals surface area contributed by atoms with Crippen LogP contribution in [0.15, 0.2) is 18.2 Å². The molecule has 2 fully saturated rings. The summed E-state index contributed by atoms with van der Waals surface area (Å²) in [7, 11) is 1.90. The lowest BCUT2D eigenvalue weighted by atomic mass is 9.77. The van der Waals surface area contributed by atoms with Gasteiger partial charge in [-0.3, -0.25) is 4.90 Å². The average Bonchev–Trinajstić information content (AvgIpc) is 2.41. The highest BCUT2D eigenvalue weighted by Gasteiger charge is 2.47. The summed E-state index contributed by atoms with van der Waals surface area (Å²) >= 11 is 0. The molecule has 2 bridgehead atoms. The first-order valence-electron chi connectivity index (χ1n) is 7.26. The molecule has 2 atom stereocenters. The monoisotopic (exact) mass is 335 g/mol. The Kier molecular flexibility index (Phi) is 4.02. The van der Waals surface area contributed by atoms with Crippen molar-refractivity contribution in [2.45, 2.75) is 36.9 Å². The minimum atomic E-state index is -4.87. The zero-order chi connectivity index (χ0) is 16.8. The van der Waals surface area contributed by atoms with Crippen molar-refractivity contribution in [3.8, 4) is 5.75 Å². The zero-order valence-electron chi connectivity index (χ0n) is 12.4. The van der Waals surface area contributed by atoms with Crippen LogP contribution in [0.3, 0.4) is 0 Å². The summed E-state index contributed by atoms with van der Waals surface area (Å²) in [6, 6.07) is 2.50. The van der Waals surface area contributed by atoms with Crippen LogP contribution in [0.4, 0.5) is 17.6 Å². The third-order valence-electron chi connectivity index (χ3n) is 4.59. The Bertz CT molecular complexity index is 579. The van der Waals surface area contributed by atoms with E-state index >= 15 is 0 Å². The average molecular weight is 335 g/mol.